The Labute approximate surface area is 66.9 Å². The van der Waals surface area contributed by atoms with Crippen molar-refractivity contribution >= 4 is 5.96 Å². The number of hydrogen-bond donors (Lipinski definition) is 2. The molecule has 0 aliphatic carbocycles. The van der Waals surface area contributed by atoms with Gasteiger partial charge >= 0.3 is 0 Å². The van der Waals surface area contributed by atoms with E-state index in [2.05, 4.69) is 10.3 Å². The summed E-state index contributed by atoms with van der Waals surface area (Å²) in [6.07, 6.45) is -0.313. The summed E-state index contributed by atoms with van der Waals surface area (Å²) >= 11 is 0. The van der Waals surface area contributed by atoms with Gasteiger partial charge in [-0.1, -0.05) is 0 Å². The lowest BCUT2D eigenvalue weighted by Gasteiger charge is -2.15. The summed E-state index contributed by atoms with van der Waals surface area (Å²) in [5, 5.41) is 12.0. The van der Waals surface area contributed by atoms with E-state index in [1.807, 2.05) is 11.9 Å². The summed E-state index contributed by atoms with van der Waals surface area (Å²) in [5.74, 6) is 0.894. The first-order valence-corrected chi connectivity index (χ1v) is 3.87. The van der Waals surface area contributed by atoms with E-state index in [0.717, 1.165) is 19.0 Å². The molecule has 0 saturated heterocycles. The molecule has 0 amide bonds. The fourth-order valence-electron chi connectivity index (χ4n) is 0.962. The van der Waals surface area contributed by atoms with Crippen LogP contribution in [0.15, 0.2) is 4.99 Å². The van der Waals surface area contributed by atoms with E-state index in [1.165, 1.54) is 0 Å². The van der Waals surface area contributed by atoms with Gasteiger partial charge in [0.15, 0.2) is 5.96 Å². The van der Waals surface area contributed by atoms with Gasteiger partial charge in [0.25, 0.3) is 0 Å². The Kier molecular flexibility index (Phi) is 2.70. The summed E-state index contributed by atoms with van der Waals surface area (Å²) in [6, 6.07) is 0. The van der Waals surface area contributed by atoms with Crippen LogP contribution in [0.25, 0.3) is 0 Å². The van der Waals surface area contributed by atoms with Crippen LogP contribution < -0.4 is 5.32 Å². The lowest BCUT2D eigenvalue weighted by atomic mass is 10.4. The van der Waals surface area contributed by atoms with Crippen molar-refractivity contribution < 1.29 is 5.11 Å². The molecule has 64 valence electrons. The van der Waals surface area contributed by atoms with E-state index in [1.54, 1.807) is 6.92 Å². The zero-order valence-electron chi connectivity index (χ0n) is 7.04. The number of likely N-dealkylation sites (N-methyl/N-ethyl adjacent to an activating group) is 1. The SMILES string of the molecule is C[C@H](O)CNC1=NCCN1C. The molecule has 0 unspecified atom stereocenters. The number of rotatable bonds is 2. The van der Waals surface area contributed by atoms with Gasteiger partial charge in [0, 0.05) is 20.1 Å². The average Bonchev–Trinajstić information content (AvgIpc) is 2.31. The first-order chi connectivity index (χ1) is 5.20. The van der Waals surface area contributed by atoms with Crippen molar-refractivity contribution in [2.45, 2.75) is 13.0 Å². The zero-order chi connectivity index (χ0) is 8.27. The molecule has 4 nitrogen and oxygen atoms in total. The van der Waals surface area contributed by atoms with Crippen molar-refractivity contribution in [1.82, 2.24) is 10.2 Å². The fourth-order valence-corrected chi connectivity index (χ4v) is 0.962. The molecular formula is C7H15N3O. The molecule has 4 heteroatoms. The molecule has 2 N–H and O–H groups in total. The van der Waals surface area contributed by atoms with Gasteiger partial charge in [0.1, 0.15) is 0 Å². The molecule has 1 aliphatic rings. The van der Waals surface area contributed by atoms with E-state index in [0.29, 0.717) is 6.54 Å². The molecule has 11 heavy (non-hydrogen) atoms. The Morgan fingerprint density at radius 1 is 1.82 bits per heavy atom. The molecule has 1 rings (SSSR count). The summed E-state index contributed by atoms with van der Waals surface area (Å²) in [5.41, 5.74) is 0. The molecule has 0 saturated carbocycles. The molecule has 0 aromatic heterocycles. The van der Waals surface area contributed by atoms with Gasteiger partial charge in [-0.2, -0.15) is 0 Å². The largest absolute Gasteiger partial charge is 0.392 e. The number of aliphatic imine (C=N–C) groups is 1. The van der Waals surface area contributed by atoms with Gasteiger partial charge in [-0.15, -0.1) is 0 Å². The van der Waals surface area contributed by atoms with Crippen LogP contribution in [-0.4, -0.2) is 48.8 Å². The summed E-state index contributed by atoms with van der Waals surface area (Å²) in [6.45, 7) is 4.16. The third-order valence-electron chi connectivity index (χ3n) is 1.61. The first kappa shape index (κ1) is 8.33. The van der Waals surface area contributed by atoms with Gasteiger partial charge in [-0.05, 0) is 6.92 Å². The minimum Gasteiger partial charge on any atom is -0.392 e. The van der Waals surface area contributed by atoms with Gasteiger partial charge in [-0.3, -0.25) is 4.99 Å². The van der Waals surface area contributed by atoms with Gasteiger partial charge in [0.05, 0.1) is 12.6 Å². The monoisotopic (exact) mass is 157 g/mol. The van der Waals surface area contributed by atoms with Crippen molar-refractivity contribution in [3.8, 4) is 0 Å². The summed E-state index contributed by atoms with van der Waals surface area (Å²) < 4.78 is 0. The Bertz CT molecular complexity index is 156. The number of guanidine groups is 1. The lowest BCUT2D eigenvalue weighted by molar-refractivity contribution is 0.197. The minimum atomic E-state index is -0.313. The molecule has 0 spiro atoms. The molecule has 0 aromatic carbocycles. The van der Waals surface area contributed by atoms with Crippen LogP contribution in [-0.2, 0) is 0 Å². The minimum absolute atomic E-state index is 0.313. The topological polar surface area (TPSA) is 47.9 Å². The van der Waals surface area contributed by atoms with Gasteiger partial charge < -0.3 is 15.3 Å². The van der Waals surface area contributed by atoms with Crippen LogP contribution in [0.5, 0.6) is 0 Å². The van der Waals surface area contributed by atoms with Gasteiger partial charge in [-0.25, -0.2) is 0 Å². The molecule has 0 bridgehead atoms. The third-order valence-corrected chi connectivity index (χ3v) is 1.61. The smallest absolute Gasteiger partial charge is 0.193 e. The predicted molar refractivity (Wildman–Crippen MR) is 44.6 cm³/mol. The van der Waals surface area contributed by atoms with Gasteiger partial charge in [0.2, 0.25) is 0 Å². The Morgan fingerprint density at radius 3 is 3.00 bits per heavy atom. The summed E-state index contributed by atoms with van der Waals surface area (Å²) in [4.78, 5) is 6.25. The van der Waals surface area contributed by atoms with E-state index in [9.17, 15) is 0 Å². The van der Waals surface area contributed by atoms with Crippen molar-refractivity contribution in [1.29, 1.82) is 0 Å². The maximum absolute atomic E-state index is 8.96. The van der Waals surface area contributed by atoms with Crippen LogP contribution >= 0.6 is 0 Å². The number of nitrogens with one attached hydrogen (secondary N) is 1. The molecule has 1 heterocycles. The highest BCUT2D eigenvalue weighted by Gasteiger charge is 2.11. The highest BCUT2D eigenvalue weighted by Crippen LogP contribution is 1.94. The maximum atomic E-state index is 8.96. The highest BCUT2D eigenvalue weighted by atomic mass is 16.3. The summed E-state index contributed by atoms with van der Waals surface area (Å²) in [7, 11) is 1.99. The van der Waals surface area contributed by atoms with Crippen LogP contribution in [0.3, 0.4) is 0 Å². The molecule has 0 radical (unpaired) electrons. The Hall–Kier alpha value is -0.770. The third kappa shape index (κ3) is 2.38. The second-order valence-electron chi connectivity index (χ2n) is 2.86. The predicted octanol–water partition coefficient (Wildman–Crippen LogP) is -0.742. The van der Waals surface area contributed by atoms with Crippen molar-refractivity contribution in [2.75, 3.05) is 26.7 Å². The standard InChI is InChI=1S/C7H15N3O/c1-6(11)5-9-7-8-3-4-10(7)2/h6,11H,3-5H2,1-2H3,(H,8,9)/t6-/m0/s1. The second kappa shape index (κ2) is 3.57. The normalized spacial score (nSPS) is 19.9. The van der Waals surface area contributed by atoms with Crippen LogP contribution in [0.4, 0.5) is 0 Å². The maximum Gasteiger partial charge on any atom is 0.193 e. The average molecular weight is 157 g/mol. The first-order valence-electron chi connectivity index (χ1n) is 3.87. The van der Waals surface area contributed by atoms with Crippen molar-refractivity contribution in [3.05, 3.63) is 0 Å². The van der Waals surface area contributed by atoms with Crippen molar-refractivity contribution in [2.24, 2.45) is 4.99 Å². The molecule has 1 aliphatic heterocycles. The molecule has 0 fully saturated rings. The number of hydrogen-bond acceptors (Lipinski definition) is 4. The number of nitrogens with zero attached hydrogens (tertiary/aromatic N) is 2. The number of aliphatic hydroxyl groups excluding tert-OH is 1. The van der Waals surface area contributed by atoms with Crippen molar-refractivity contribution in [3.63, 3.8) is 0 Å². The van der Waals surface area contributed by atoms with Crippen LogP contribution in [0.1, 0.15) is 6.92 Å². The number of aliphatic hydroxyl groups is 1. The van der Waals surface area contributed by atoms with E-state index < -0.39 is 0 Å². The molecule has 1 atom stereocenters. The lowest BCUT2D eigenvalue weighted by Crippen LogP contribution is -2.38. The van der Waals surface area contributed by atoms with E-state index in [-0.39, 0.29) is 6.10 Å². The molecule has 0 aromatic rings. The van der Waals surface area contributed by atoms with Crippen LogP contribution in [0.2, 0.25) is 0 Å². The zero-order valence-corrected chi connectivity index (χ0v) is 7.04. The quantitative estimate of drug-likeness (QED) is 0.555. The van der Waals surface area contributed by atoms with E-state index in [4.69, 9.17) is 5.11 Å². The van der Waals surface area contributed by atoms with Crippen LogP contribution in [0, 0.1) is 0 Å². The Morgan fingerprint density at radius 2 is 2.55 bits per heavy atom. The second-order valence-corrected chi connectivity index (χ2v) is 2.86. The molecular weight excluding hydrogens is 142 g/mol. The highest BCUT2D eigenvalue weighted by molar-refractivity contribution is 5.81. The van der Waals surface area contributed by atoms with E-state index >= 15 is 0 Å². The fraction of sp³-hybridized carbons (Fsp3) is 0.857. The Balaban J connectivity index is 2.26.